The van der Waals surface area contributed by atoms with E-state index in [-0.39, 0.29) is 6.42 Å². The number of fused-ring (bicyclic) bond motifs is 1. The van der Waals surface area contributed by atoms with Crippen molar-refractivity contribution in [1.82, 2.24) is 14.8 Å². The third-order valence-electron chi connectivity index (χ3n) is 2.44. The minimum atomic E-state index is -4.12. The Kier molecular flexibility index (Phi) is 2.67. The first-order chi connectivity index (χ1) is 7.04. The molecule has 0 unspecified atom stereocenters. The molecule has 0 saturated heterocycles. The summed E-state index contributed by atoms with van der Waals surface area (Å²) in [5, 5.41) is 4.06. The second-order valence-electron chi connectivity index (χ2n) is 3.74. The fourth-order valence-corrected chi connectivity index (χ4v) is 1.69. The van der Waals surface area contributed by atoms with Crippen molar-refractivity contribution >= 4 is 0 Å². The molecular weight excluding hydrogens is 207 g/mol. The van der Waals surface area contributed by atoms with Crippen molar-refractivity contribution < 1.29 is 13.2 Å². The number of halogens is 3. The lowest BCUT2D eigenvalue weighted by molar-refractivity contribution is -0.134. The van der Waals surface area contributed by atoms with Gasteiger partial charge in [0.05, 0.1) is 6.42 Å². The molecule has 0 fully saturated rings. The van der Waals surface area contributed by atoms with Gasteiger partial charge in [-0.3, -0.25) is 0 Å². The number of nitrogens with zero attached hydrogens (tertiary/aromatic N) is 3. The zero-order chi connectivity index (χ0) is 10.9. The molecule has 1 aliphatic rings. The van der Waals surface area contributed by atoms with Crippen molar-refractivity contribution in [3.8, 4) is 0 Å². The quantitative estimate of drug-likeness (QED) is 0.762. The Morgan fingerprint density at radius 2 is 2.07 bits per heavy atom. The molecular formula is C9H12F3N3. The van der Waals surface area contributed by atoms with E-state index in [2.05, 4.69) is 10.1 Å². The maximum absolute atomic E-state index is 12.0. The molecule has 0 radical (unpaired) electrons. The summed E-state index contributed by atoms with van der Waals surface area (Å²) in [6.07, 6.45) is -2.14. The second-order valence-corrected chi connectivity index (χ2v) is 3.74. The van der Waals surface area contributed by atoms with Crippen LogP contribution in [0.4, 0.5) is 13.2 Å². The van der Waals surface area contributed by atoms with Crippen molar-refractivity contribution in [2.75, 3.05) is 0 Å². The van der Waals surface area contributed by atoms with Gasteiger partial charge in [0.2, 0.25) is 0 Å². The van der Waals surface area contributed by atoms with E-state index < -0.39 is 12.6 Å². The van der Waals surface area contributed by atoms with Crippen LogP contribution in [0.25, 0.3) is 0 Å². The van der Waals surface area contributed by atoms with Gasteiger partial charge in [0.25, 0.3) is 0 Å². The fourth-order valence-electron chi connectivity index (χ4n) is 1.69. The average Bonchev–Trinajstić information content (AvgIpc) is 2.56. The summed E-state index contributed by atoms with van der Waals surface area (Å²) in [6, 6.07) is 0. The van der Waals surface area contributed by atoms with Crippen LogP contribution in [0.15, 0.2) is 0 Å². The summed E-state index contributed by atoms with van der Waals surface area (Å²) < 4.78 is 37.6. The van der Waals surface area contributed by atoms with Gasteiger partial charge in [-0.1, -0.05) is 0 Å². The van der Waals surface area contributed by atoms with E-state index in [1.807, 2.05) is 0 Å². The minimum Gasteiger partial charge on any atom is -0.250 e. The number of rotatable bonds is 2. The standard InChI is InChI=1S/C9H12F3N3/c10-9(11,12)5-4-7-13-8-3-1-2-6-15(8)14-7/h1-6H2. The zero-order valence-corrected chi connectivity index (χ0v) is 8.22. The van der Waals surface area contributed by atoms with E-state index in [1.54, 1.807) is 4.68 Å². The predicted octanol–water partition coefficient (Wildman–Crippen LogP) is 2.11. The molecule has 0 N–H and O–H groups in total. The van der Waals surface area contributed by atoms with Crippen LogP contribution in [0.5, 0.6) is 0 Å². The monoisotopic (exact) mass is 219 g/mol. The molecule has 2 heterocycles. The van der Waals surface area contributed by atoms with Gasteiger partial charge in [-0.25, -0.2) is 9.67 Å². The Balaban J connectivity index is 2.01. The van der Waals surface area contributed by atoms with Crippen molar-refractivity contribution in [2.24, 2.45) is 0 Å². The number of aryl methyl sites for hydroxylation is 3. The van der Waals surface area contributed by atoms with Crippen LogP contribution < -0.4 is 0 Å². The van der Waals surface area contributed by atoms with E-state index >= 15 is 0 Å². The number of aromatic nitrogens is 3. The van der Waals surface area contributed by atoms with Gasteiger partial charge >= 0.3 is 6.18 Å². The number of hydrogen-bond acceptors (Lipinski definition) is 2. The lowest BCUT2D eigenvalue weighted by Gasteiger charge is -2.09. The normalized spacial score (nSPS) is 16.5. The molecule has 0 aliphatic carbocycles. The van der Waals surface area contributed by atoms with Gasteiger partial charge in [0, 0.05) is 19.4 Å². The van der Waals surface area contributed by atoms with Gasteiger partial charge in [0.1, 0.15) is 5.82 Å². The van der Waals surface area contributed by atoms with Crippen molar-refractivity contribution in [3.63, 3.8) is 0 Å². The lowest BCUT2D eigenvalue weighted by atomic mass is 10.2. The number of alkyl halides is 3. The Bertz CT molecular complexity index is 319. The molecule has 0 saturated carbocycles. The molecule has 1 aromatic heterocycles. The smallest absolute Gasteiger partial charge is 0.250 e. The Morgan fingerprint density at radius 3 is 2.73 bits per heavy atom. The van der Waals surface area contributed by atoms with E-state index in [9.17, 15) is 13.2 Å². The highest BCUT2D eigenvalue weighted by atomic mass is 19.4. The van der Waals surface area contributed by atoms with Crippen LogP contribution in [0, 0.1) is 0 Å². The van der Waals surface area contributed by atoms with Crippen LogP contribution in [-0.4, -0.2) is 20.9 Å². The van der Waals surface area contributed by atoms with Gasteiger partial charge < -0.3 is 0 Å². The minimum absolute atomic E-state index is 0.108. The molecule has 6 heteroatoms. The van der Waals surface area contributed by atoms with Gasteiger partial charge in [-0.15, -0.1) is 0 Å². The highest BCUT2D eigenvalue weighted by molar-refractivity contribution is 4.96. The summed E-state index contributed by atoms with van der Waals surface area (Å²) in [4.78, 5) is 4.11. The van der Waals surface area contributed by atoms with E-state index in [0.29, 0.717) is 5.82 Å². The molecule has 3 nitrogen and oxygen atoms in total. The van der Waals surface area contributed by atoms with Gasteiger partial charge in [0.15, 0.2) is 5.82 Å². The van der Waals surface area contributed by atoms with Crippen LogP contribution in [0.1, 0.15) is 30.9 Å². The fraction of sp³-hybridized carbons (Fsp3) is 0.778. The molecule has 84 valence electrons. The highest BCUT2D eigenvalue weighted by Crippen LogP contribution is 2.21. The molecule has 0 spiro atoms. The van der Waals surface area contributed by atoms with E-state index in [0.717, 1.165) is 31.6 Å². The first kappa shape index (κ1) is 10.4. The maximum atomic E-state index is 12.0. The van der Waals surface area contributed by atoms with E-state index in [1.165, 1.54) is 0 Å². The van der Waals surface area contributed by atoms with Crippen molar-refractivity contribution in [1.29, 1.82) is 0 Å². The first-order valence-electron chi connectivity index (χ1n) is 5.04. The largest absolute Gasteiger partial charge is 0.389 e. The molecule has 0 bridgehead atoms. The topological polar surface area (TPSA) is 30.7 Å². The van der Waals surface area contributed by atoms with Crippen molar-refractivity contribution in [3.05, 3.63) is 11.6 Å². The average molecular weight is 219 g/mol. The molecule has 0 aromatic carbocycles. The first-order valence-corrected chi connectivity index (χ1v) is 5.04. The number of hydrogen-bond donors (Lipinski definition) is 0. The van der Waals surface area contributed by atoms with Crippen LogP contribution >= 0.6 is 0 Å². The lowest BCUT2D eigenvalue weighted by Crippen LogP contribution is -2.11. The summed E-state index contributed by atoms with van der Waals surface area (Å²) in [5.41, 5.74) is 0. The van der Waals surface area contributed by atoms with Crippen LogP contribution in [-0.2, 0) is 19.4 Å². The van der Waals surface area contributed by atoms with Crippen LogP contribution in [0.2, 0.25) is 0 Å². The Morgan fingerprint density at radius 1 is 1.27 bits per heavy atom. The van der Waals surface area contributed by atoms with Crippen molar-refractivity contribution in [2.45, 2.75) is 44.8 Å². The summed E-state index contributed by atoms with van der Waals surface area (Å²) in [6.45, 7) is 0.786. The van der Waals surface area contributed by atoms with E-state index in [4.69, 9.17) is 0 Å². The Hall–Kier alpha value is -1.07. The van der Waals surface area contributed by atoms with Crippen LogP contribution in [0.3, 0.4) is 0 Å². The molecule has 1 aromatic rings. The van der Waals surface area contributed by atoms with Gasteiger partial charge in [-0.05, 0) is 12.8 Å². The summed E-state index contributed by atoms with van der Waals surface area (Å²) >= 11 is 0. The molecule has 2 rings (SSSR count). The SMILES string of the molecule is FC(F)(F)CCc1nc2n(n1)CCCC2. The Labute approximate surface area is 85.3 Å². The summed E-state index contributed by atoms with van der Waals surface area (Å²) in [7, 11) is 0. The molecule has 15 heavy (non-hydrogen) atoms. The third kappa shape index (κ3) is 2.70. The predicted molar refractivity (Wildman–Crippen MR) is 47.3 cm³/mol. The molecule has 1 aliphatic heterocycles. The maximum Gasteiger partial charge on any atom is 0.389 e. The molecule has 0 amide bonds. The van der Waals surface area contributed by atoms with Gasteiger partial charge in [-0.2, -0.15) is 18.3 Å². The molecule has 0 atom stereocenters. The zero-order valence-electron chi connectivity index (χ0n) is 8.22. The summed E-state index contributed by atoms with van der Waals surface area (Å²) in [5.74, 6) is 1.16. The second kappa shape index (κ2) is 3.83. The highest BCUT2D eigenvalue weighted by Gasteiger charge is 2.27. The third-order valence-corrected chi connectivity index (χ3v) is 2.44.